The molecule has 16 heavy (non-hydrogen) atoms. The van der Waals surface area contributed by atoms with E-state index in [4.69, 9.17) is 5.11 Å². The van der Waals surface area contributed by atoms with E-state index in [1.807, 2.05) is 37.3 Å². The Hall–Kier alpha value is -1.35. The summed E-state index contributed by atoms with van der Waals surface area (Å²) >= 11 is 0. The molecule has 0 saturated carbocycles. The molecule has 1 N–H and O–H groups in total. The minimum absolute atomic E-state index is 0.0644. The highest BCUT2D eigenvalue weighted by Crippen LogP contribution is 2.14. The van der Waals surface area contributed by atoms with Gasteiger partial charge in [0.25, 0.3) is 0 Å². The van der Waals surface area contributed by atoms with Crippen LogP contribution >= 0.6 is 0 Å². The fourth-order valence-electron chi connectivity index (χ4n) is 1.58. The molecule has 0 aromatic heterocycles. The van der Waals surface area contributed by atoms with Gasteiger partial charge in [-0.1, -0.05) is 18.2 Å². The molecule has 0 aliphatic rings. The second-order valence-corrected chi connectivity index (χ2v) is 3.86. The van der Waals surface area contributed by atoms with Crippen LogP contribution in [0.2, 0.25) is 0 Å². The fraction of sp³-hybridized carbons (Fsp3) is 0.462. The lowest BCUT2D eigenvalue weighted by Crippen LogP contribution is -2.30. The molecule has 1 aromatic rings. The number of hydrogen-bond donors (Lipinski definition) is 1. The molecule has 0 aliphatic carbocycles. The van der Waals surface area contributed by atoms with Crippen LogP contribution < -0.4 is 4.90 Å². The van der Waals surface area contributed by atoms with Gasteiger partial charge in [0.05, 0.1) is 6.10 Å². The first-order chi connectivity index (χ1) is 7.65. The Bertz CT molecular complexity index is 322. The highest BCUT2D eigenvalue weighted by molar-refractivity contribution is 5.93. The third-order valence-corrected chi connectivity index (χ3v) is 2.46. The van der Waals surface area contributed by atoms with Crippen molar-refractivity contribution < 1.29 is 9.90 Å². The monoisotopic (exact) mass is 221 g/mol. The summed E-state index contributed by atoms with van der Waals surface area (Å²) in [5.41, 5.74) is 0.917. The van der Waals surface area contributed by atoms with E-state index in [-0.39, 0.29) is 5.91 Å². The van der Waals surface area contributed by atoms with E-state index < -0.39 is 6.10 Å². The number of carbonyl (C=O) groups excluding carboxylic acids is 1. The number of carbonyl (C=O) groups is 1. The lowest BCUT2D eigenvalue weighted by atomic mass is 10.2. The molecule has 0 fully saturated rings. The summed E-state index contributed by atoms with van der Waals surface area (Å²) in [6.45, 7) is 4.31. The first-order valence-electron chi connectivity index (χ1n) is 5.68. The van der Waals surface area contributed by atoms with Crippen molar-refractivity contribution in [2.24, 2.45) is 0 Å². The standard InChI is InChI=1S/C13H19NO2/c1-3-14(12-7-5-4-6-8-12)13(16)10-9-11(2)15/h4-8,11,15H,3,9-10H2,1-2H3. The molecule has 0 heterocycles. The summed E-state index contributed by atoms with van der Waals surface area (Å²) < 4.78 is 0. The number of benzene rings is 1. The molecule has 3 nitrogen and oxygen atoms in total. The third-order valence-electron chi connectivity index (χ3n) is 2.46. The largest absolute Gasteiger partial charge is 0.393 e. The predicted octanol–water partition coefficient (Wildman–Crippen LogP) is 2.20. The van der Waals surface area contributed by atoms with Crippen molar-refractivity contribution in [3.63, 3.8) is 0 Å². The lowest BCUT2D eigenvalue weighted by Gasteiger charge is -2.21. The maximum absolute atomic E-state index is 11.9. The summed E-state index contributed by atoms with van der Waals surface area (Å²) in [5.74, 6) is 0.0644. The summed E-state index contributed by atoms with van der Waals surface area (Å²) in [4.78, 5) is 13.6. The molecule has 88 valence electrons. The van der Waals surface area contributed by atoms with Crippen molar-refractivity contribution in [1.29, 1.82) is 0 Å². The van der Waals surface area contributed by atoms with Gasteiger partial charge in [0, 0.05) is 18.7 Å². The first-order valence-corrected chi connectivity index (χ1v) is 5.68. The average Bonchev–Trinajstić information content (AvgIpc) is 2.29. The molecule has 0 bridgehead atoms. The molecule has 1 amide bonds. The second-order valence-electron chi connectivity index (χ2n) is 3.86. The molecular formula is C13H19NO2. The van der Waals surface area contributed by atoms with Gasteiger partial charge in [-0.2, -0.15) is 0 Å². The van der Waals surface area contributed by atoms with Crippen molar-refractivity contribution >= 4 is 11.6 Å². The van der Waals surface area contributed by atoms with E-state index in [0.29, 0.717) is 19.4 Å². The molecule has 1 aromatic carbocycles. The van der Waals surface area contributed by atoms with Crippen molar-refractivity contribution in [3.8, 4) is 0 Å². The van der Waals surface area contributed by atoms with Crippen molar-refractivity contribution in [3.05, 3.63) is 30.3 Å². The Morgan fingerprint density at radius 1 is 1.38 bits per heavy atom. The summed E-state index contributed by atoms with van der Waals surface area (Å²) in [6.07, 6.45) is 0.487. The first kappa shape index (κ1) is 12.7. The molecule has 3 heteroatoms. The van der Waals surface area contributed by atoms with Gasteiger partial charge >= 0.3 is 0 Å². The van der Waals surface area contributed by atoms with E-state index in [2.05, 4.69) is 0 Å². The number of amides is 1. The van der Waals surface area contributed by atoms with Crippen LogP contribution in [0.3, 0.4) is 0 Å². The molecule has 0 radical (unpaired) electrons. The number of aliphatic hydroxyl groups is 1. The van der Waals surface area contributed by atoms with E-state index in [0.717, 1.165) is 5.69 Å². The van der Waals surface area contributed by atoms with Crippen LogP contribution in [0.4, 0.5) is 5.69 Å². The minimum atomic E-state index is -0.418. The zero-order valence-corrected chi connectivity index (χ0v) is 9.89. The summed E-state index contributed by atoms with van der Waals surface area (Å²) in [5, 5.41) is 9.16. The maximum Gasteiger partial charge on any atom is 0.227 e. The van der Waals surface area contributed by atoms with Crippen LogP contribution in [0, 0.1) is 0 Å². The molecule has 0 saturated heterocycles. The quantitative estimate of drug-likeness (QED) is 0.828. The molecule has 1 atom stereocenters. The Kier molecular flexibility index (Phi) is 4.99. The zero-order chi connectivity index (χ0) is 12.0. The Morgan fingerprint density at radius 3 is 2.50 bits per heavy atom. The van der Waals surface area contributed by atoms with E-state index in [1.54, 1.807) is 11.8 Å². The van der Waals surface area contributed by atoms with E-state index in [9.17, 15) is 4.79 Å². The number of nitrogens with zero attached hydrogens (tertiary/aromatic N) is 1. The number of anilines is 1. The molecule has 1 unspecified atom stereocenters. The SMILES string of the molecule is CCN(C(=O)CCC(C)O)c1ccccc1. The van der Waals surface area contributed by atoms with Gasteiger partial charge in [0.15, 0.2) is 0 Å². The van der Waals surface area contributed by atoms with Crippen LogP contribution in [-0.4, -0.2) is 23.7 Å². The average molecular weight is 221 g/mol. The summed E-state index contributed by atoms with van der Waals surface area (Å²) in [7, 11) is 0. The summed E-state index contributed by atoms with van der Waals surface area (Å²) in [6, 6.07) is 9.60. The van der Waals surface area contributed by atoms with E-state index in [1.165, 1.54) is 0 Å². The van der Waals surface area contributed by atoms with Crippen molar-refractivity contribution in [2.45, 2.75) is 32.8 Å². The normalized spacial score (nSPS) is 12.2. The number of para-hydroxylation sites is 1. The minimum Gasteiger partial charge on any atom is -0.393 e. The Morgan fingerprint density at radius 2 is 2.00 bits per heavy atom. The maximum atomic E-state index is 11.9. The van der Waals surface area contributed by atoms with Gasteiger partial charge in [0.2, 0.25) is 5.91 Å². The van der Waals surface area contributed by atoms with Crippen LogP contribution in [0.15, 0.2) is 30.3 Å². The van der Waals surface area contributed by atoms with Gasteiger partial charge in [-0.15, -0.1) is 0 Å². The Balaban J connectivity index is 2.64. The highest BCUT2D eigenvalue weighted by Gasteiger charge is 2.13. The smallest absolute Gasteiger partial charge is 0.227 e. The van der Waals surface area contributed by atoms with Gasteiger partial charge < -0.3 is 10.0 Å². The topological polar surface area (TPSA) is 40.5 Å². The molecule has 0 spiro atoms. The van der Waals surface area contributed by atoms with Crippen LogP contribution in [-0.2, 0) is 4.79 Å². The zero-order valence-electron chi connectivity index (χ0n) is 9.89. The Labute approximate surface area is 96.7 Å². The van der Waals surface area contributed by atoms with Gasteiger partial charge in [-0.25, -0.2) is 0 Å². The number of aliphatic hydroxyl groups excluding tert-OH is 1. The number of rotatable bonds is 5. The molecular weight excluding hydrogens is 202 g/mol. The second kappa shape index (κ2) is 6.28. The molecule has 0 aliphatic heterocycles. The fourth-order valence-corrected chi connectivity index (χ4v) is 1.58. The van der Waals surface area contributed by atoms with Gasteiger partial charge in [-0.05, 0) is 32.4 Å². The van der Waals surface area contributed by atoms with Crippen molar-refractivity contribution in [2.75, 3.05) is 11.4 Å². The number of hydrogen-bond acceptors (Lipinski definition) is 2. The van der Waals surface area contributed by atoms with Crippen molar-refractivity contribution in [1.82, 2.24) is 0 Å². The van der Waals surface area contributed by atoms with Gasteiger partial charge in [-0.3, -0.25) is 4.79 Å². The van der Waals surface area contributed by atoms with Gasteiger partial charge in [0.1, 0.15) is 0 Å². The van der Waals surface area contributed by atoms with Crippen LogP contribution in [0.25, 0.3) is 0 Å². The molecule has 1 rings (SSSR count). The van der Waals surface area contributed by atoms with E-state index >= 15 is 0 Å². The lowest BCUT2D eigenvalue weighted by molar-refractivity contribution is -0.119. The predicted molar refractivity (Wildman–Crippen MR) is 65.4 cm³/mol. The van der Waals surface area contributed by atoms with Crippen LogP contribution in [0.5, 0.6) is 0 Å². The highest BCUT2D eigenvalue weighted by atomic mass is 16.3. The van der Waals surface area contributed by atoms with Crippen LogP contribution in [0.1, 0.15) is 26.7 Å². The third kappa shape index (κ3) is 3.66.